The SMILES string of the molecule is CCOC(=O)C1=C(C)N=c2sc(=Cc3ccc(C(=O)OC)cc3)c(=O)n2C1C=Cc1ccccc1. The van der Waals surface area contributed by atoms with Crippen LogP contribution >= 0.6 is 11.3 Å². The molecule has 0 fully saturated rings. The van der Waals surface area contributed by atoms with Crippen LogP contribution in [0.3, 0.4) is 0 Å². The standard InChI is InChI=1S/C27H24N2O5S/c1-4-34-26(32)23-17(2)28-27-29(21(23)15-12-18-8-6-5-7-9-18)24(30)22(35-27)16-19-10-13-20(14-11-19)25(31)33-3/h5-16,21H,4H2,1-3H3. The summed E-state index contributed by atoms with van der Waals surface area (Å²) >= 11 is 1.24. The Morgan fingerprint density at radius 3 is 2.43 bits per heavy atom. The number of benzene rings is 2. The molecule has 0 saturated heterocycles. The predicted octanol–water partition coefficient (Wildman–Crippen LogP) is 3.25. The van der Waals surface area contributed by atoms with Gasteiger partial charge in [-0.05, 0) is 43.2 Å². The molecule has 1 aliphatic heterocycles. The van der Waals surface area contributed by atoms with Gasteiger partial charge >= 0.3 is 11.9 Å². The molecule has 0 amide bonds. The Kier molecular flexibility index (Phi) is 7.22. The minimum atomic E-state index is -0.658. The minimum Gasteiger partial charge on any atom is -0.465 e. The van der Waals surface area contributed by atoms with E-state index in [2.05, 4.69) is 4.99 Å². The Bertz CT molecular complexity index is 1500. The summed E-state index contributed by atoms with van der Waals surface area (Å²) in [6.07, 6.45) is 5.45. The summed E-state index contributed by atoms with van der Waals surface area (Å²) < 4.78 is 12.0. The van der Waals surface area contributed by atoms with Gasteiger partial charge in [0.2, 0.25) is 0 Å². The van der Waals surface area contributed by atoms with E-state index in [1.807, 2.05) is 42.5 Å². The van der Waals surface area contributed by atoms with E-state index < -0.39 is 18.0 Å². The number of fused-ring (bicyclic) bond motifs is 1. The summed E-state index contributed by atoms with van der Waals surface area (Å²) in [4.78, 5) is 43.1. The number of ether oxygens (including phenoxy) is 2. The maximum atomic E-state index is 13.5. The highest BCUT2D eigenvalue weighted by Gasteiger charge is 2.30. The van der Waals surface area contributed by atoms with Gasteiger partial charge in [-0.1, -0.05) is 66.0 Å². The molecule has 0 aliphatic carbocycles. The third-order valence-electron chi connectivity index (χ3n) is 5.46. The largest absolute Gasteiger partial charge is 0.465 e. The third-order valence-corrected chi connectivity index (χ3v) is 6.44. The average molecular weight is 489 g/mol. The van der Waals surface area contributed by atoms with Crippen molar-refractivity contribution >= 4 is 35.4 Å². The van der Waals surface area contributed by atoms with Crippen LogP contribution in [-0.2, 0) is 14.3 Å². The molecule has 1 aromatic heterocycles. The second-order valence-electron chi connectivity index (χ2n) is 7.73. The molecule has 8 heteroatoms. The minimum absolute atomic E-state index is 0.219. The molecule has 2 heterocycles. The molecule has 0 spiro atoms. The third kappa shape index (κ3) is 5.07. The molecule has 0 bridgehead atoms. The van der Waals surface area contributed by atoms with Crippen molar-refractivity contribution in [3.63, 3.8) is 0 Å². The lowest BCUT2D eigenvalue weighted by atomic mass is 10.0. The zero-order valence-electron chi connectivity index (χ0n) is 19.6. The van der Waals surface area contributed by atoms with Crippen molar-refractivity contribution in [2.75, 3.05) is 13.7 Å². The second kappa shape index (κ2) is 10.5. The zero-order valence-corrected chi connectivity index (χ0v) is 20.4. The van der Waals surface area contributed by atoms with Crippen molar-refractivity contribution in [3.8, 4) is 0 Å². The van der Waals surface area contributed by atoms with Crippen LogP contribution in [0.5, 0.6) is 0 Å². The van der Waals surface area contributed by atoms with Crippen LogP contribution in [0.2, 0.25) is 0 Å². The van der Waals surface area contributed by atoms with Crippen molar-refractivity contribution in [1.29, 1.82) is 0 Å². The fourth-order valence-corrected chi connectivity index (χ4v) is 4.82. The average Bonchev–Trinajstić information content (AvgIpc) is 3.17. The van der Waals surface area contributed by atoms with Crippen molar-refractivity contribution in [3.05, 3.63) is 108 Å². The fourth-order valence-electron chi connectivity index (χ4n) is 3.77. The Hall–Kier alpha value is -4.04. The van der Waals surface area contributed by atoms with Crippen LogP contribution in [0.25, 0.3) is 12.2 Å². The smallest absolute Gasteiger partial charge is 0.338 e. The van der Waals surface area contributed by atoms with Gasteiger partial charge in [0.25, 0.3) is 5.56 Å². The fraction of sp³-hybridized carbons (Fsp3) is 0.185. The number of carbonyl (C=O) groups excluding carboxylic acids is 2. The molecular weight excluding hydrogens is 464 g/mol. The van der Waals surface area contributed by atoms with Crippen molar-refractivity contribution in [2.45, 2.75) is 19.9 Å². The number of nitrogens with zero attached hydrogens (tertiary/aromatic N) is 2. The number of carbonyl (C=O) groups is 2. The molecular formula is C27H24N2O5S. The highest BCUT2D eigenvalue weighted by Crippen LogP contribution is 2.26. The van der Waals surface area contributed by atoms with Gasteiger partial charge in [0.15, 0.2) is 4.80 Å². The molecule has 0 radical (unpaired) electrons. The highest BCUT2D eigenvalue weighted by atomic mass is 32.1. The summed E-state index contributed by atoms with van der Waals surface area (Å²) in [5.74, 6) is -0.924. The topological polar surface area (TPSA) is 87.0 Å². The van der Waals surface area contributed by atoms with Gasteiger partial charge in [-0.25, -0.2) is 14.6 Å². The van der Waals surface area contributed by atoms with Gasteiger partial charge in [0.05, 0.1) is 41.1 Å². The maximum absolute atomic E-state index is 13.5. The Morgan fingerprint density at radius 2 is 1.77 bits per heavy atom. The number of methoxy groups -OCH3 is 1. The van der Waals surface area contributed by atoms with Gasteiger partial charge < -0.3 is 9.47 Å². The summed E-state index contributed by atoms with van der Waals surface area (Å²) in [6, 6.07) is 15.8. The van der Waals surface area contributed by atoms with Crippen molar-refractivity contribution in [1.82, 2.24) is 4.57 Å². The van der Waals surface area contributed by atoms with E-state index in [1.54, 1.807) is 44.2 Å². The van der Waals surface area contributed by atoms with Gasteiger partial charge in [0.1, 0.15) is 0 Å². The van der Waals surface area contributed by atoms with Gasteiger partial charge in [-0.15, -0.1) is 0 Å². The van der Waals surface area contributed by atoms with E-state index in [0.29, 0.717) is 26.2 Å². The first-order valence-corrected chi connectivity index (χ1v) is 11.9. The molecule has 1 unspecified atom stereocenters. The monoisotopic (exact) mass is 488 g/mol. The molecule has 178 valence electrons. The molecule has 1 atom stereocenters. The highest BCUT2D eigenvalue weighted by molar-refractivity contribution is 7.07. The number of esters is 2. The molecule has 7 nitrogen and oxygen atoms in total. The molecule has 4 rings (SSSR count). The first-order valence-electron chi connectivity index (χ1n) is 11.0. The lowest BCUT2D eigenvalue weighted by Crippen LogP contribution is -2.38. The number of allylic oxidation sites excluding steroid dienone is 2. The molecule has 2 aromatic carbocycles. The van der Waals surface area contributed by atoms with E-state index in [9.17, 15) is 14.4 Å². The van der Waals surface area contributed by atoms with E-state index in [-0.39, 0.29) is 12.2 Å². The number of thiazole rings is 1. The van der Waals surface area contributed by atoms with Crippen LogP contribution in [-0.4, -0.2) is 30.2 Å². The molecule has 3 aromatic rings. The first-order chi connectivity index (χ1) is 16.9. The van der Waals surface area contributed by atoms with Crippen LogP contribution in [0, 0.1) is 0 Å². The summed E-state index contributed by atoms with van der Waals surface area (Å²) in [7, 11) is 1.33. The maximum Gasteiger partial charge on any atom is 0.338 e. The van der Waals surface area contributed by atoms with E-state index in [1.165, 1.54) is 23.0 Å². The normalized spacial score (nSPS) is 15.6. The Balaban J connectivity index is 1.82. The van der Waals surface area contributed by atoms with E-state index in [4.69, 9.17) is 9.47 Å². The van der Waals surface area contributed by atoms with Gasteiger partial charge in [0, 0.05) is 0 Å². The Morgan fingerprint density at radius 1 is 1.06 bits per heavy atom. The number of aromatic nitrogens is 1. The Labute approximate surface area is 206 Å². The number of hydrogen-bond donors (Lipinski definition) is 0. The molecule has 0 N–H and O–H groups in total. The summed E-state index contributed by atoms with van der Waals surface area (Å²) in [6.45, 7) is 3.71. The van der Waals surface area contributed by atoms with Crippen LogP contribution in [0.1, 0.15) is 41.4 Å². The lowest BCUT2D eigenvalue weighted by molar-refractivity contribution is -0.139. The van der Waals surface area contributed by atoms with Gasteiger partial charge in [-0.2, -0.15) is 0 Å². The number of rotatable bonds is 6. The number of hydrogen-bond acceptors (Lipinski definition) is 7. The van der Waals surface area contributed by atoms with E-state index in [0.717, 1.165) is 11.1 Å². The van der Waals surface area contributed by atoms with E-state index >= 15 is 0 Å². The molecule has 0 saturated carbocycles. The van der Waals surface area contributed by atoms with Gasteiger partial charge in [-0.3, -0.25) is 9.36 Å². The zero-order chi connectivity index (χ0) is 24.9. The van der Waals surface area contributed by atoms with Crippen LogP contribution in [0.15, 0.2) is 81.7 Å². The lowest BCUT2D eigenvalue weighted by Gasteiger charge is -2.21. The molecule has 35 heavy (non-hydrogen) atoms. The van der Waals surface area contributed by atoms with Crippen molar-refractivity contribution < 1.29 is 19.1 Å². The second-order valence-corrected chi connectivity index (χ2v) is 8.74. The summed E-state index contributed by atoms with van der Waals surface area (Å²) in [5, 5.41) is 0. The van der Waals surface area contributed by atoms with Crippen LogP contribution in [0.4, 0.5) is 0 Å². The molecule has 1 aliphatic rings. The van der Waals surface area contributed by atoms with Crippen molar-refractivity contribution in [2.24, 2.45) is 4.99 Å². The van der Waals surface area contributed by atoms with Crippen LogP contribution < -0.4 is 14.9 Å². The summed E-state index contributed by atoms with van der Waals surface area (Å²) in [5.41, 5.74) is 2.70. The quantitative estimate of drug-likeness (QED) is 0.497. The first kappa shape index (κ1) is 24.1. The predicted molar refractivity (Wildman–Crippen MR) is 135 cm³/mol.